The molecule has 0 atom stereocenters. The Labute approximate surface area is 124 Å². The lowest BCUT2D eigenvalue weighted by molar-refractivity contribution is 0.0689. The highest BCUT2D eigenvalue weighted by molar-refractivity contribution is 5.86. The van der Waals surface area contributed by atoms with Crippen LogP contribution in [0.2, 0.25) is 0 Å². The fourth-order valence-corrected chi connectivity index (χ4v) is 2.16. The van der Waals surface area contributed by atoms with E-state index in [-0.39, 0.29) is 5.69 Å². The average Bonchev–Trinajstić information content (AvgIpc) is 2.79. The van der Waals surface area contributed by atoms with E-state index in [9.17, 15) is 9.90 Å². The van der Waals surface area contributed by atoms with E-state index in [1.54, 1.807) is 4.68 Å². The average molecular weight is 288 g/mol. The lowest BCUT2D eigenvalue weighted by Gasteiger charge is -2.11. The molecule has 21 heavy (non-hydrogen) atoms. The first kappa shape index (κ1) is 15.2. The Morgan fingerprint density at radius 3 is 2.76 bits per heavy atom. The van der Waals surface area contributed by atoms with Crippen LogP contribution in [-0.2, 0) is 13.0 Å². The molecule has 1 N–H and O–H groups in total. The first-order valence-electron chi connectivity index (χ1n) is 6.83. The number of hydrogen-bond acceptors (Lipinski definition) is 4. The molecule has 0 amide bonds. The molecule has 0 saturated carbocycles. The van der Waals surface area contributed by atoms with Crippen LogP contribution in [-0.4, -0.2) is 51.6 Å². The fraction of sp³-hybridized carbons (Fsp3) is 0.400. The molecule has 0 bridgehead atoms. The van der Waals surface area contributed by atoms with Crippen LogP contribution < -0.4 is 0 Å². The number of hydrogen-bond donors (Lipinski definition) is 1. The minimum atomic E-state index is -1.03. The van der Waals surface area contributed by atoms with Crippen LogP contribution in [0.1, 0.15) is 27.3 Å². The summed E-state index contributed by atoms with van der Waals surface area (Å²) in [6, 6.07) is 8.03. The summed E-state index contributed by atoms with van der Waals surface area (Å²) < 4.78 is 1.69. The van der Waals surface area contributed by atoms with E-state index in [4.69, 9.17) is 0 Å². The smallest absolute Gasteiger partial charge is 0.358 e. The molecule has 0 spiro atoms. The van der Waals surface area contributed by atoms with Gasteiger partial charge in [-0.25, -0.2) is 9.48 Å². The number of aryl methyl sites for hydroxylation is 1. The van der Waals surface area contributed by atoms with Crippen LogP contribution in [0.3, 0.4) is 0 Å². The van der Waals surface area contributed by atoms with E-state index in [0.717, 1.165) is 17.7 Å². The van der Waals surface area contributed by atoms with Gasteiger partial charge in [0.15, 0.2) is 5.69 Å². The molecule has 1 heterocycles. The van der Waals surface area contributed by atoms with Crippen molar-refractivity contribution < 1.29 is 9.90 Å². The van der Waals surface area contributed by atoms with Gasteiger partial charge in [-0.15, -0.1) is 5.10 Å². The Bertz CT molecular complexity index is 634. The zero-order valence-electron chi connectivity index (χ0n) is 12.6. The van der Waals surface area contributed by atoms with Crippen molar-refractivity contribution in [2.24, 2.45) is 0 Å². The summed E-state index contributed by atoms with van der Waals surface area (Å²) in [7, 11) is 3.94. The predicted molar refractivity (Wildman–Crippen MR) is 79.5 cm³/mol. The fourth-order valence-electron chi connectivity index (χ4n) is 2.16. The monoisotopic (exact) mass is 288 g/mol. The van der Waals surface area contributed by atoms with Crippen molar-refractivity contribution in [1.29, 1.82) is 0 Å². The lowest BCUT2D eigenvalue weighted by atomic mass is 10.1. The largest absolute Gasteiger partial charge is 0.476 e. The Kier molecular flexibility index (Phi) is 4.70. The Morgan fingerprint density at radius 1 is 1.38 bits per heavy atom. The van der Waals surface area contributed by atoms with E-state index < -0.39 is 5.97 Å². The number of nitrogens with zero attached hydrogens (tertiary/aromatic N) is 4. The second-order valence-corrected chi connectivity index (χ2v) is 5.38. The third kappa shape index (κ3) is 3.88. The minimum absolute atomic E-state index is 0.0373. The summed E-state index contributed by atoms with van der Waals surface area (Å²) in [5, 5.41) is 17.1. The Morgan fingerprint density at radius 2 is 2.14 bits per heavy atom. The van der Waals surface area contributed by atoms with Crippen molar-refractivity contribution in [3.8, 4) is 0 Å². The van der Waals surface area contributed by atoms with Crippen molar-refractivity contribution in [3.05, 3.63) is 46.8 Å². The van der Waals surface area contributed by atoms with E-state index in [1.165, 1.54) is 0 Å². The van der Waals surface area contributed by atoms with Crippen molar-refractivity contribution in [3.63, 3.8) is 0 Å². The van der Waals surface area contributed by atoms with Crippen LogP contribution >= 0.6 is 0 Å². The van der Waals surface area contributed by atoms with E-state index >= 15 is 0 Å². The molecule has 1 aromatic heterocycles. The van der Waals surface area contributed by atoms with Gasteiger partial charge in [0.25, 0.3) is 0 Å². The summed E-state index contributed by atoms with van der Waals surface area (Å²) in [5.41, 5.74) is 2.90. The van der Waals surface area contributed by atoms with Crippen LogP contribution in [0.5, 0.6) is 0 Å². The standard InChI is InChI=1S/C15H20N4O2/c1-11-5-4-6-12(9-11)10-13-14(15(20)21)16-17-19(13)8-7-18(2)3/h4-6,9H,7-8,10H2,1-3H3,(H,20,21). The second kappa shape index (κ2) is 6.49. The zero-order valence-corrected chi connectivity index (χ0v) is 12.6. The first-order chi connectivity index (χ1) is 9.97. The van der Waals surface area contributed by atoms with Gasteiger partial charge in [0.05, 0.1) is 12.2 Å². The second-order valence-electron chi connectivity index (χ2n) is 5.38. The molecule has 1 aromatic carbocycles. The van der Waals surface area contributed by atoms with E-state index in [0.29, 0.717) is 18.7 Å². The number of carbonyl (C=O) groups is 1. The molecule has 0 aliphatic heterocycles. The number of carboxylic acids is 1. The van der Waals surface area contributed by atoms with Gasteiger partial charge >= 0.3 is 5.97 Å². The first-order valence-corrected chi connectivity index (χ1v) is 6.83. The van der Waals surface area contributed by atoms with E-state index in [2.05, 4.69) is 16.4 Å². The van der Waals surface area contributed by atoms with Gasteiger partial charge in [-0.3, -0.25) is 0 Å². The molecule has 0 aliphatic carbocycles. The topological polar surface area (TPSA) is 71.2 Å². The Hall–Kier alpha value is -2.21. The molecule has 0 aliphatic rings. The zero-order chi connectivity index (χ0) is 15.4. The number of carboxylic acid groups (broad SMARTS) is 1. The molecular weight excluding hydrogens is 268 g/mol. The quantitative estimate of drug-likeness (QED) is 0.871. The normalized spacial score (nSPS) is 11.0. The number of aromatic nitrogens is 3. The molecule has 6 nitrogen and oxygen atoms in total. The molecule has 6 heteroatoms. The molecule has 0 radical (unpaired) electrons. The van der Waals surface area contributed by atoms with Crippen molar-refractivity contribution in [2.45, 2.75) is 19.9 Å². The summed E-state index contributed by atoms with van der Waals surface area (Å²) in [6.07, 6.45) is 0.518. The summed E-state index contributed by atoms with van der Waals surface area (Å²) >= 11 is 0. The highest BCUT2D eigenvalue weighted by Crippen LogP contribution is 2.14. The highest BCUT2D eigenvalue weighted by atomic mass is 16.4. The maximum absolute atomic E-state index is 11.3. The van der Waals surface area contributed by atoms with E-state index in [1.807, 2.05) is 44.1 Å². The Balaban J connectivity index is 2.30. The molecule has 112 valence electrons. The molecule has 2 rings (SSSR count). The maximum atomic E-state index is 11.3. The van der Waals surface area contributed by atoms with Crippen molar-refractivity contribution in [2.75, 3.05) is 20.6 Å². The van der Waals surface area contributed by atoms with Crippen LogP contribution in [0.25, 0.3) is 0 Å². The minimum Gasteiger partial charge on any atom is -0.476 e. The lowest BCUT2D eigenvalue weighted by Crippen LogP contribution is -2.20. The number of likely N-dealkylation sites (N-methyl/N-ethyl adjacent to an activating group) is 1. The van der Waals surface area contributed by atoms with Crippen LogP contribution in [0, 0.1) is 6.92 Å². The molecule has 2 aromatic rings. The van der Waals surface area contributed by atoms with Crippen molar-refractivity contribution >= 4 is 5.97 Å². The highest BCUT2D eigenvalue weighted by Gasteiger charge is 2.19. The van der Waals surface area contributed by atoms with Gasteiger partial charge in [0.2, 0.25) is 0 Å². The number of rotatable bonds is 6. The van der Waals surface area contributed by atoms with Gasteiger partial charge in [0, 0.05) is 13.0 Å². The van der Waals surface area contributed by atoms with Gasteiger partial charge < -0.3 is 10.0 Å². The summed E-state index contributed by atoms with van der Waals surface area (Å²) in [5.74, 6) is -1.03. The molecular formula is C15H20N4O2. The third-order valence-corrected chi connectivity index (χ3v) is 3.25. The number of aromatic carboxylic acids is 1. The predicted octanol–water partition coefficient (Wildman–Crippen LogP) is 1.44. The van der Waals surface area contributed by atoms with Gasteiger partial charge in [0.1, 0.15) is 0 Å². The summed E-state index contributed by atoms with van der Waals surface area (Å²) in [6.45, 7) is 3.42. The molecule has 0 unspecified atom stereocenters. The third-order valence-electron chi connectivity index (χ3n) is 3.25. The molecule has 0 saturated heterocycles. The van der Waals surface area contributed by atoms with Gasteiger partial charge in [-0.2, -0.15) is 0 Å². The van der Waals surface area contributed by atoms with Gasteiger partial charge in [-0.05, 0) is 26.6 Å². The number of benzene rings is 1. The van der Waals surface area contributed by atoms with Crippen molar-refractivity contribution in [1.82, 2.24) is 19.9 Å². The SMILES string of the molecule is Cc1cccc(Cc2c(C(=O)O)nnn2CCN(C)C)c1. The summed E-state index contributed by atoms with van der Waals surface area (Å²) in [4.78, 5) is 13.3. The molecule has 0 fully saturated rings. The van der Waals surface area contributed by atoms with Gasteiger partial charge in [-0.1, -0.05) is 35.0 Å². The van der Waals surface area contributed by atoms with Crippen LogP contribution in [0.15, 0.2) is 24.3 Å². The van der Waals surface area contributed by atoms with Crippen LogP contribution in [0.4, 0.5) is 0 Å². The maximum Gasteiger partial charge on any atom is 0.358 e.